The van der Waals surface area contributed by atoms with Crippen LogP contribution in [0.2, 0.25) is 0 Å². The molecule has 3 aromatic carbocycles. The Morgan fingerprint density at radius 2 is 1.62 bits per heavy atom. The third-order valence-corrected chi connectivity index (χ3v) is 7.28. The first kappa shape index (κ1) is 23.5. The number of nitrogens with one attached hydrogen (secondary N) is 1. The summed E-state index contributed by atoms with van der Waals surface area (Å²) in [7, 11) is -1.41. The van der Waals surface area contributed by atoms with Crippen molar-refractivity contribution in [3.8, 4) is 5.75 Å². The lowest BCUT2D eigenvalue weighted by atomic mass is 9.97. The Bertz CT molecular complexity index is 1290. The van der Waals surface area contributed by atoms with E-state index in [0.29, 0.717) is 32.8 Å². The van der Waals surface area contributed by atoms with Crippen molar-refractivity contribution in [2.24, 2.45) is 0 Å². The summed E-state index contributed by atoms with van der Waals surface area (Å²) >= 11 is 1.21. The molecular weight excluding hydrogens is 468 g/mol. The first-order valence-electron chi connectivity index (χ1n) is 10.7. The maximum Gasteiger partial charge on any atom is 0.318 e. The summed E-state index contributed by atoms with van der Waals surface area (Å²) in [5.74, 6) is -0.692. The van der Waals surface area contributed by atoms with Gasteiger partial charge in [0, 0.05) is 15.8 Å². The number of thiazole rings is 1. The fourth-order valence-corrected chi connectivity index (χ4v) is 5.26. The number of rotatable bonds is 8. The third kappa shape index (κ3) is 5.65. The smallest absolute Gasteiger partial charge is 0.318 e. The number of nitrogens with zero attached hydrogens (tertiary/aromatic N) is 1. The minimum atomic E-state index is -1.41. The Hall–Kier alpha value is -3.62. The molecule has 4 aromatic rings. The largest absolute Gasteiger partial charge is 0.426 e. The van der Waals surface area contributed by atoms with Crippen LogP contribution >= 0.6 is 11.3 Å². The molecule has 0 aliphatic rings. The molecule has 0 spiro atoms. The van der Waals surface area contributed by atoms with Crippen LogP contribution in [0.15, 0.2) is 100 Å². The maximum atomic E-state index is 12.6. The molecule has 6 nitrogen and oxygen atoms in total. The highest BCUT2D eigenvalue weighted by Gasteiger charge is 2.21. The lowest BCUT2D eigenvalue weighted by Crippen LogP contribution is -2.18. The summed E-state index contributed by atoms with van der Waals surface area (Å²) in [5.41, 5.74) is 1.29. The summed E-state index contributed by atoms with van der Waals surface area (Å²) in [6, 6.07) is 24.8. The molecule has 172 valence electrons. The molecule has 0 fully saturated rings. The second kappa shape index (κ2) is 11.0. The van der Waals surface area contributed by atoms with Crippen molar-refractivity contribution in [1.82, 2.24) is 4.98 Å². The molecule has 1 heterocycles. The maximum absolute atomic E-state index is 12.6. The van der Waals surface area contributed by atoms with Crippen molar-refractivity contribution in [3.05, 3.63) is 101 Å². The number of amides is 1. The van der Waals surface area contributed by atoms with Crippen LogP contribution in [0.1, 0.15) is 35.2 Å². The first-order chi connectivity index (χ1) is 16.5. The van der Waals surface area contributed by atoms with Gasteiger partial charge in [0.15, 0.2) is 5.13 Å². The second-order valence-corrected chi connectivity index (χ2v) is 9.63. The summed E-state index contributed by atoms with van der Waals surface area (Å²) < 4.78 is 18.1. The van der Waals surface area contributed by atoms with E-state index in [1.807, 2.05) is 55.5 Å². The number of ether oxygens (including phenoxy) is 1. The predicted octanol–water partition coefficient (Wildman–Crippen LogP) is 5.66. The van der Waals surface area contributed by atoms with Gasteiger partial charge in [0.1, 0.15) is 21.6 Å². The number of esters is 1. The topological polar surface area (TPSA) is 85.4 Å². The van der Waals surface area contributed by atoms with Gasteiger partial charge in [-0.05, 0) is 48.4 Å². The van der Waals surface area contributed by atoms with Crippen LogP contribution in [0.3, 0.4) is 0 Å². The molecule has 8 heteroatoms. The van der Waals surface area contributed by atoms with E-state index in [-0.39, 0.29) is 17.8 Å². The number of carbonyl (C=O) groups is 2. The number of aromatic nitrogens is 1. The normalized spacial score (nSPS) is 12.5. The lowest BCUT2D eigenvalue weighted by Gasteiger charge is -2.14. The van der Waals surface area contributed by atoms with Crippen LogP contribution in [-0.2, 0) is 15.6 Å². The highest BCUT2D eigenvalue weighted by molar-refractivity contribution is 7.85. The van der Waals surface area contributed by atoms with Crippen molar-refractivity contribution < 1.29 is 18.5 Å². The van der Waals surface area contributed by atoms with E-state index < -0.39 is 10.8 Å². The fraction of sp³-hybridized carbons (Fsp3) is 0.115. The average molecular weight is 491 g/mol. The van der Waals surface area contributed by atoms with Crippen molar-refractivity contribution >= 4 is 39.1 Å². The summed E-state index contributed by atoms with van der Waals surface area (Å²) in [4.78, 5) is 30.2. The molecule has 0 aliphatic heterocycles. The molecule has 1 amide bonds. The van der Waals surface area contributed by atoms with Gasteiger partial charge in [0.2, 0.25) is 0 Å². The molecule has 1 unspecified atom stereocenters. The quantitative estimate of drug-likeness (QED) is 0.254. The Morgan fingerprint density at radius 1 is 0.971 bits per heavy atom. The molecule has 0 saturated carbocycles. The number of anilines is 1. The fourth-order valence-electron chi connectivity index (χ4n) is 3.32. The number of hydrogen-bond donors (Lipinski definition) is 1. The minimum absolute atomic E-state index is 0.340. The van der Waals surface area contributed by atoms with Gasteiger partial charge < -0.3 is 4.74 Å². The van der Waals surface area contributed by atoms with Gasteiger partial charge in [-0.25, -0.2) is 9.19 Å². The molecule has 0 bridgehead atoms. The van der Waals surface area contributed by atoms with E-state index in [0.717, 1.165) is 5.56 Å². The van der Waals surface area contributed by atoms with Crippen LogP contribution in [-0.4, -0.2) is 21.1 Å². The Morgan fingerprint density at radius 3 is 2.26 bits per heavy atom. The van der Waals surface area contributed by atoms with E-state index in [9.17, 15) is 13.8 Å². The molecular formula is C26H22N2O4S2. The van der Waals surface area contributed by atoms with Gasteiger partial charge in [-0.3, -0.25) is 14.9 Å². The highest BCUT2D eigenvalue weighted by atomic mass is 32.2. The van der Waals surface area contributed by atoms with Crippen LogP contribution in [0.5, 0.6) is 5.75 Å². The molecule has 0 aliphatic carbocycles. The molecule has 0 saturated heterocycles. The Labute approximate surface area is 204 Å². The van der Waals surface area contributed by atoms with Gasteiger partial charge >= 0.3 is 5.97 Å². The van der Waals surface area contributed by atoms with E-state index >= 15 is 0 Å². The summed E-state index contributed by atoms with van der Waals surface area (Å²) in [6.07, 6.45) is 0.619. The lowest BCUT2D eigenvalue weighted by molar-refractivity contribution is -0.136. The zero-order chi connectivity index (χ0) is 23.9. The van der Waals surface area contributed by atoms with Gasteiger partial charge in [-0.2, -0.15) is 0 Å². The molecule has 2 atom stereocenters. The van der Waals surface area contributed by atoms with Crippen LogP contribution in [0, 0.1) is 0 Å². The molecule has 1 N–H and O–H groups in total. The van der Waals surface area contributed by atoms with Crippen LogP contribution in [0.4, 0.5) is 5.13 Å². The average Bonchev–Trinajstić information content (AvgIpc) is 3.34. The minimum Gasteiger partial charge on any atom is -0.426 e. The van der Waals surface area contributed by atoms with E-state index in [1.165, 1.54) is 11.3 Å². The highest BCUT2D eigenvalue weighted by Crippen LogP contribution is 2.24. The van der Waals surface area contributed by atoms with Gasteiger partial charge in [-0.15, -0.1) is 11.3 Å². The van der Waals surface area contributed by atoms with Gasteiger partial charge in [0.25, 0.3) is 5.91 Å². The van der Waals surface area contributed by atoms with Gasteiger partial charge in [0.05, 0.1) is 5.92 Å². The Kier molecular flexibility index (Phi) is 7.61. The third-order valence-electron chi connectivity index (χ3n) is 5.08. The van der Waals surface area contributed by atoms with Crippen molar-refractivity contribution in [3.63, 3.8) is 0 Å². The number of hydrogen-bond acceptors (Lipinski definition) is 6. The van der Waals surface area contributed by atoms with Gasteiger partial charge in [-0.1, -0.05) is 55.5 Å². The monoisotopic (exact) mass is 490 g/mol. The number of carbonyl (C=O) groups excluding carboxylic acids is 2. The van der Waals surface area contributed by atoms with Crippen LogP contribution in [0.25, 0.3) is 0 Å². The SMILES string of the molecule is CC[C@H](C(=O)Oc1ccc(C(=O)Nc2nc(S(=O)c3ccccc3)cs2)cc1)c1ccccc1. The summed E-state index contributed by atoms with van der Waals surface area (Å²) in [6.45, 7) is 1.94. The summed E-state index contributed by atoms with van der Waals surface area (Å²) in [5, 5.41) is 5.13. The molecule has 0 radical (unpaired) electrons. The predicted molar refractivity (Wildman–Crippen MR) is 133 cm³/mol. The zero-order valence-corrected chi connectivity index (χ0v) is 20.0. The zero-order valence-electron chi connectivity index (χ0n) is 18.3. The van der Waals surface area contributed by atoms with Crippen molar-refractivity contribution in [2.45, 2.75) is 29.2 Å². The first-order valence-corrected chi connectivity index (χ1v) is 12.7. The standard InChI is InChI=1S/C26H22N2O4S2/c1-2-22(18-9-5-3-6-10-18)25(30)32-20-15-13-19(14-16-20)24(29)28-26-27-23(17-33-26)34(31)21-11-7-4-8-12-21/h3-17,22H,2H2,1H3,(H,27,28,29)/t22-,34?/m0/s1. The number of benzene rings is 3. The van der Waals surface area contributed by atoms with E-state index in [2.05, 4.69) is 10.3 Å². The Balaban J connectivity index is 1.38. The van der Waals surface area contributed by atoms with Crippen molar-refractivity contribution in [1.29, 1.82) is 0 Å². The van der Waals surface area contributed by atoms with Crippen molar-refractivity contribution in [2.75, 3.05) is 5.32 Å². The molecule has 1 aromatic heterocycles. The second-order valence-electron chi connectivity index (χ2n) is 7.34. The van der Waals surface area contributed by atoms with Crippen LogP contribution < -0.4 is 10.1 Å². The van der Waals surface area contributed by atoms with E-state index in [1.54, 1.807) is 41.8 Å². The molecule has 34 heavy (non-hydrogen) atoms. The molecule has 4 rings (SSSR count). The van der Waals surface area contributed by atoms with E-state index in [4.69, 9.17) is 4.74 Å².